The molecule has 0 bridgehead atoms. The lowest BCUT2D eigenvalue weighted by Gasteiger charge is -1.96. The summed E-state index contributed by atoms with van der Waals surface area (Å²) < 4.78 is 13.3. The van der Waals surface area contributed by atoms with Crippen LogP contribution in [0.2, 0.25) is 0 Å². The second-order valence-corrected chi connectivity index (χ2v) is 2.63. The topological polar surface area (TPSA) is 23.9 Å². The summed E-state index contributed by atoms with van der Waals surface area (Å²) in [5.74, 6) is -0.371. The van der Waals surface area contributed by atoms with E-state index >= 15 is 0 Å². The van der Waals surface area contributed by atoms with Crippen molar-refractivity contribution in [2.45, 2.75) is 0 Å². The summed E-state index contributed by atoms with van der Waals surface area (Å²) >= 11 is 3.12. The van der Waals surface area contributed by atoms with E-state index in [-0.39, 0.29) is 5.82 Å². The Kier molecular flexibility index (Phi) is 2.17. The van der Waals surface area contributed by atoms with Gasteiger partial charge in [0.1, 0.15) is 5.82 Å². The van der Waals surface area contributed by atoms with Crippen molar-refractivity contribution in [2.75, 3.05) is 0 Å². The summed E-state index contributed by atoms with van der Waals surface area (Å²) in [6.45, 7) is 0. The van der Waals surface area contributed by atoms with Crippen molar-refractivity contribution in [2.24, 2.45) is 0 Å². The maximum atomic E-state index is 12.7. The van der Waals surface area contributed by atoms with E-state index in [1.54, 1.807) is 12.1 Å². The van der Waals surface area contributed by atoms with Crippen LogP contribution in [0, 0.1) is 11.2 Å². The maximum absolute atomic E-state index is 12.7. The SMILES string of the molecule is N=Cc1c(F)cccc1Br. The minimum atomic E-state index is -0.371. The van der Waals surface area contributed by atoms with Gasteiger partial charge in [-0.15, -0.1) is 0 Å². The molecule has 10 heavy (non-hydrogen) atoms. The first kappa shape index (κ1) is 7.41. The van der Waals surface area contributed by atoms with Crippen LogP contribution >= 0.6 is 15.9 Å². The van der Waals surface area contributed by atoms with Crippen LogP contribution in [0.25, 0.3) is 0 Å². The molecule has 1 aromatic rings. The van der Waals surface area contributed by atoms with Crippen LogP contribution in [0.15, 0.2) is 22.7 Å². The molecule has 0 fully saturated rings. The Hall–Kier alpha value is -0.700. The van der Waals surface area contributed by atoms with Crippen LogP contribution in [0.1, 0.15) is 5.56 Å². The number of hydrogen-bond donors (Lipinski definition) is 1. The molecule has 1 rings (SSSR count). The van der Waals surface area contributed by atoms with E-state index < -0.39 is 0 Å². The molecule has 0 spiro atoms. The second kappa shape index (κ2) is 2.92. The Morgan fingerprint density at radius 2 is 2.20 bits per heavy atom. The van der Waals surface area contributed by atoms with Crippen molar-refractivity contribution in [3.05, 3.63) is 34.1 Å². The van der Waals surface area contributed by atoms with Crippen molar-refractivity contribution in [1.82, 2.24) is 0 Å². The fourth-order valence-corrected chi connectivity index (χ4v) is 1.11. The van der Waals surface area contributed by atoms with Crippen molar-refractivity contribution in [1.29, 1.82) is 5.41 Å². The quantitative estimate of drug-likeness (QED) is 0.676. The smallest absolute Gasteiger partial charge is 0.133 e. The van der Waals surface area contributed by atoms with Crippen LogP contribution in [-0.4, -0.2) is 6.21 Å². The third-order valence-corrected chi connectivity index (χ3v) is 1.84. The van der Waals surface area contributed by atoms with Gasteiger partial charge in [-0.3, -0.25) is 0 Å². The molecule has 1 aromatic carbocycles. The lowest BCUT2D eigenvalue weighted by molar-refractivity contribution is 0.625. The van der Waals surface area contributed by atoms with E-state index in [9.17, 15) is 4.39 Å². The van der Waals surface area contributed by atoms with Gasteiger partial charge >= 0.3 is 0 Å². The van der Waals surface area contributed by atoms with Crippen molar-refractivity contribution in [3.8, 4) is 0 Å². The molecular weight excluding hydrogens is 197 g/mol. The number of nitrogens with one attached hydrogen (secondary N) is 1. The van der Waals surface area contributed by atoms with E-state index in [4.69, 9.17) is 5.41 Å². The van der Waals surface area contributed by atoms with Gasteiger partial charge < -0.3 is 5.41 Å². The molecule has 0 atom stereocenters. The molecule has 0 heterocycles. The minimum Gasteiger partial charge on any atom is -0.308 e. The average Bonchev–Trinajstić information content (AvgIpc) is 1.88. The number of rotatable bonds is 1. The van der Waals surface area contributed by atoms with Gasteiger partial charge in [0.15, 0.2) is 0 Å². The van der Waals surface area contributed by atoms with E-state index in [1.165, 1.54) is 6.07 Å². The Balaban J connectivity index is 3.30. The van der Waals surface area contributed by atoms with Crippen molar-refractivity contribution in [3.63, 3.8) is 0 Å². The Morgan fingerprint density at radius 3 is 2.60 bits per heavy atom. The van der Waals surface area contributed by atoms with E-state index in [0.717, 1.165) is 6.21 Å². The molecule has 0 radical (unpaired) electrons. The van der Waals surface area contributed by atoms with E-state index in [1.807, 2.05) is 0 Å². The second-order valence-electron chi connectivity index (χ2n) is 1.78. The van der Waals surface area contributed by atoms with Gasteiger partial charge in [-0.05, 0) is 12.1 Å². The molecule has 52 valence electrons. The van der Waals surface area contributed by atoms with Crippen LogP contribution in [0.4, 0.5) is 4.39 Å². The molecule has 3 heteroatoms. The predicted octanol–water partition coefficient (Wildman–Crippen LogP) is 2.59. The molecular formula is C7H5BrFN. The molecule has 0 unspecified atom stereocenters. The molecule has 0 aliphatic carbocycles. The van der Waals surface area contributed by atoms with Crippen LogP contribution in [0.5, 0.6) is 0 Å². The standard InChI is InChI=1S/C7H5BrFN/c8-6-2-1-3-7(9)5(6)4-10/h1-4,10H. The fraction of sp³-hybridized carbons (Fsp3) is 0. The summed E-state index contributed by atoms with van der Waals surface area (Å²) in [4.78, 5) is 0. The molecule has 0 aliphatic heterocycles. The van der Waals surface area contributed by atoms with Gasteiger partial charge in [-0.2, -0.15) is 0 Å². The molecule has 0 aliphatic rings. The van der Waals surface area contributed by atoms with E-state index in [2.05, 4.69) is 15.9 Å². The van der Waals surface area contributed by atoms with Gasteiger partial charge in [0, 0.05) is 16.3 Å². The highest BCUT2D eigenvalue weighted by molar-refractivity contribution is 9.10. The van der Waals surface area contributed by atoms with Crippen molar-refractivity contribution < 1.29 is 4.39 Å². The average molecular weight is 202 g/mol. The summed E-state index contributed by atoms with van der Waals surface area (Å²) in [7, 11) is 0. The normalized spacial score (nSPS) is 9.40. The van der Waals surface area contributed by atoms with Gasteiger partial charge in [0.25, 0.3) is 0 Å². The lowest BCUT2D eigenvalue weighted by atomic mass is 10.2. The highest BCUT2D eigenvalue weighted by atomic mass is 79.9. The van der Waals surface area contributed by atoms with Gasteiger partial charge in [-0.1, -0.05) is 22.0 Å². The highest BCUT2D eigenvalue weighted by Gasteiger charge is 2.00. The molecule has 0 saturated heterocycles. The van der Waals surface area contributed by atoms with Crippen LogP contribution in [-0.2, 0) is 0 Å². The van der Waals surface area contributed by atoms with Crippen LogP contribution < -0.4 is 0 Å². The summed E-state index contributed by atoms with van der Waals surface area (Å²) in [6, 6.07) is 4.61. The molecule has 0 amide bonds. The maximum Gasteiger partial charge on any atom is 0.133 e. The number of benzene rings is 1. The minimum absolute atomic E-state index is 0.294. The largest absolute Gasteiger partial charge is 0.308 e. The van der Waals surface area contributed by atoms with Crippen LogP contribution in [0.3, 0.4) is 0 Å². The third kappa shape index (κ3) is 1.24. The summed E-state index contributed by atoms with van der Waals surface area (Å²) in [5.41, 5.74) is 0.294. The lowest BCUT2D eigenvalue weighted by Crippen LogP contribution is -1.87. The first-order valence-corrected chi connectivity index (χ1v) is 3.49. The highest BCUT2D eigenvalue weighted by Crippen LogP contribution is 2.16. The first-order valence-electron chi connectivity index (χ1n) is 2.70. The fourth-order valence-electron chi connectivity index (χ4n) is 0.649. The summed E-state index contributed by atoms with van der Waals surface area (Å²) in [5, 5.41) is 6.83. The Morgan fingerprint density at radius 1 is 1.50 bits per heavy atom. The molecule has 0 aromatic heterocycles. The third-order valence-electron chi connectivity index (χ3n) is 1.14. The van der Waals surface area contributed by atoms with Gasteiger partial charge in [-0.25, -0.2) is 4.39 Å². The number of halogens is 2. The predicted molar refractivity (Wildman–Crippen MR) is 42.0 cm³/mol. The molecule has 0 saturated carbocycles. The zero-order chi connectivity index (χ0) is 7.56. The monoisotopic (exact) mass is 201 g/mol. The summed E-state index contributed by atoms with van der Waals surface area (Å²) in [6.07, 6.45) is 0.986. The Bertz CT molecular complexity index is 240. The zero-order valence-electron chi connectivity index (χ0n) is 5.07. The molecule has 1 N–H and O–H groups in total. The van der Waals surface area contributed by atoms with E-state index in [0.29, 0.717) is 10.0 Å². The van der Waals surface area contributed by atoms with Gasteiger partial charge in [0.2, 0.25) is 0 Å². The first-order chi connectivity index (χ1) is 4.75. The van der Waals surface area contributed by atoms with Gasteiger partial charge in [0.05, 0.1) is 0 Å². The molecule has 1 nitrogen and oxygen atoms in total. The Labute approximate surface area is 66.5 Å². The number of hydrogen-bond acceptors (Lipinski definition) is 1. The zero-order valence-corrected chi connectivity index (χ0v) is 6.65. The van der Waals surface area contributed by atoms with Crippen molar-refractivity contribution >= 4 is 22.1 Å².